The van der Waals surface area contributed by atoms with Crippen LogP contribution in [0.25, 0.3) is 0 Å². The van der Waals surface area contributed by atoms with E-state index in [1.807, 2.05) is 25.6 Å². The maximum atomic E-state index is 5.95. The van der Waals surface area contributed by atoms with Gasteiger partial charge in [-0.2, -0.15) is 0 Å². The van der Waals surface area contributed by atoms with E-state index in [9.17, 15) is 0 Å². The first-order valence-electron chi connectivity index (χ1n) is 9.96. The second-order valence-corrected chi connectivity index (χ2v) is 7.24. The SMILES string of the molecule is CCCCNC(=NCc1nnc(C)n1C)N(C)CCOc1cc(C)cc(C)c1. The summed E-state index contributed by atoms with van der Waals surface area (Å²) in [5.41, 5.74) is 2.43. The molecule has 0 aliphatic rings. The molecule has 7 nitrogen and oxygen atoms in total. The number of nitrogens with one attached hydrogen (secondary N) is 1. The molecule has 0 aliphatic heterocycles. The number of benzene rings is 1. The highest BCUT2D eigenvalue weighted by atomic mass is 16.5. The highest BCUT2D eigenvalue weighted by Gasteiger charge is 2.09. The fraction of sp³-hybridized carbons (Fsp3) is 0.571. The molecule has 2 rings (SSSR count). The number of nitrogens with zero attached hydrogens (tertiary/aromatic N) is 5. The third-order valence-electron chi connectivity index (χ3n) is 4.62. The van der Waals surface area contributed by atoms with Crippen LogP contribution >= 0.6 is 0 Å². The number of aliphatic imine (C=N–C) groups is 1. The van der Waals surface area contributed by atoms with Gasteiger partial charge in [0, 0.05) is 20.6 Å². The van der Waals surface area contributed by atoms with Crippen molar-refractivity contribution in [2.45, 2.75) is 47.1 Å². The van der Waals surface area contributed by atoms with Crippen LogP contribution in [0.4, 0.5) is 0 Å². The maximum absolute atomic E-state index is 5.95. The normalized spacial score (nSPS) is 11.6. The Morgan fingerprint density at radius 1 is 1.18 bits per heavy atom. The minimum atomic E-state index is 0.494. The Labute approximate surface area is 168 Å². The van der Waals surface area contributed by atoms with E-state index in [1.165, 1.54) is 11.1 Å². The molecule has 0 bridgehead atoms. The van der Waals surface area contributed by atoms with Crippen LogP contribution in [0.2, 0.25) is 0 Å². The summed E-state index contributed by atoms with van der Waals surface area (Å²) >= 11 is 0. The summed E-state index contributed by atoms with van der Waals surface area (Å²) in [6, 6.07) is 6.28. The molecule has 1 N–H and O–H groups in total. The average molecular weight is 387 g/mol. The Hall–Kier alpha value is -2.57. The van der Waals surface area contributed by atoms with Crippen molar-refractivity contribution in [3.05, 3.63) is 41.0 Å². The van der Waals surface area contributed by atoms with Gasteiger partial charge in [-0.3, -0.25) is 0 Å². The molecule has 28 heavy (non-hydrogen) atoms. The number of aromatic nitrogens is 3. The van der Waals surface area contributed by atoms with E-state index in [0.717, 1.165) is 49.3 Å². The van der Waals surface area contributed by atoms with Gasteiger partial charge in [0.1, 0.15) is 24.7 Å². The van der Waals surface area contributed by atoms with Crippen LogP contribution in [0.3, 0.4) is 0 Å². The summed E-state index contributed by atoms with van der Waals surface area (Å²) in [6.45, 7) is 11.0. The molecule has 154 valence electrons. The van der Waals surface area contributed by atoms with Crippen LogP contribution in [0.15, 0.2) is 23.2 Å². The van der Waals surface area contributed by atoms with Gasteiger partial charge in [0.05, 0.1) is 6.54 Å². The molecule has 0 spiro atoms. The molecular weight excluding hydrogens is 352 g/mol. The summed E-state index contributed by atoms with van der Waals surface area (Å²) in [4.78, 5) is 6.85. The first kappa shape index (κ1) is 21.7. The molecule has 0 atom stereocenters. The molecule has 0 saturated carbocycles. The van der Waals surface area contributed by atoms with Crippen molar-refractivity contribution in [1.82, 2.24) is 25.0 Å². The van der Waals surface area contributed by atoms with Crippen molar-refractivity contribution < 1.29 is 4.74 Å². The first-order chi connectivity index (χ1) is 13.4. The Morgan fingerprint density at radius 2 is 1.89 bits per heavy atom. The fourth-order valence-electron chi connectivity index (χ4n) is 2.85. The number of hydrogen-bond acceptors (Lipinski definition) is 4. The summed E-state index contributed by atoms with van der Waals surface area (Å²) in [6.07, 6.45) is 2.25. The predicted molar refractivity (Wildman–Crippen MR) is 114 cm³/mol. The third-order valence-corrected chi connectivity index (χ3v) is 4.62. The first-order valence-corrected chi connectivity index (χ1v) is 9.96. The van der Waals surface area contributed by atoms with E-state index in [-0.39, 0.29) is 0 Å². The Kier molecular flexibility index (Phi) is 8.29. The highest BCUT2D eigenvalue weighted by molar-refractivity contribution is 5.79. The van der Waals surface area contributed by atoms with Gasteiger partial charge in [0.15, 0.2) is 11.8 Å². The van der Waals surface area contributed by atoms with Crippen molar-refractivity contribution >= 4 is 5.96 Å². The highest BCUT2D eigenvalue weighted by Crippen LogP contribution is 2.16. The third kappa shape index (κ3) is 6.55. The van der Waals surface area contributed by atoms with Gasteiger partial charge < -0.3 is 19.5 Å². The summed E-state index contributed by atoms with van der Waals surface area (Å²) in [5, 5.41) is 11.7. The lowest BCUT2D eigenvalue weighted by Gasteiger charge is -2.22. The number of guanidine groups is 1. The molecule has 0 aliphatic carbocycles. The summed E-state index contributed by atoms with van der Waals surface area (Å²) in [5.74, 6) is 3.52. The van der Waals surface area contributed by atoms with Crippen LogP contribution in [0.1, 0.15) is 42.5 Å². The maximum Gasteiger partial charge on any atom is 0.194 e. The molecule has 1 aromatic carbocycles. The monoisotopic (exact) mass is 386 g/mol. The zero-order chi connectivity index (χ0) is 20.5. The predicted octanol–water partition coefficient (Wildman–Crippen LogP) is 3.00. The molecule has 1 heterocycles. The second kappa shape index (κ2) is 10.7. The lowest BCUT2D eigenvalue weighted by atomic mass is 10.1. The molecule has 2 aromatic rings. The van der Waals surface area contributed by atoms with Crippen molar-refractivity contribution in [3.63, 3.8) is 0 Å². The average Bonchev–Trinajstić information content (AvgIpc) is 2.95. The van der Waals surface area contributed by atoms with Gasteiger partial charge >= 0.3 is 0 Å². The molecule has 0 fully saturated rings. The lowest BCUT2D eigenvalue weighted by molar-refractivity contribution is 0.281. The summed E-state index contributed by atoms with van der Waals surface area (Å²) < 4.78 is 7.92. The standard InChI is InChI=1S/C21H34N6O/c1-7-8-9-22-21(23-15-20-25-24-18(4)27(20)6)26(5)10-11-28-19-13-16(2)12-17(3)14-19/h12-14H,7-11,15H2,1-6H3,(H,22,23). The van der Waals surface area contributed by atoms with Crippen LogP contribution in [-0.2, 0) is 13.6 Å². The second-order valence-electron chi connectivity index (χ2n) is 7.24. The van der Waals surface area contributed by atoms with Gasteiger partial charge in [0.25, 0.3) is 0 Å². The van der Waals surface area contributed by atoms with Gasteiger partial charge in [-0.15, -0.1) is 10.2 Å². The van der Waals surface area contributed by atoms with E-state index in [1.54, 1.807) is 0 Å². The minimum Gasteiger partial charge on any atom is -0.492 e. The molecule has 0 amide bonds. The molecule has 0 radical (unpaired) electrons. The quantitative estimate of drug-likeness (QED) is 0.408. The van der Waals surface area contributed by atoms with Gasteiger partial charge in [-0.25, -0.2) is 4.99 Å². The van der Waals surface area contributed by atoms with Crippen LogP contribution in [-0.4, -0.2) is 52.4 Å². The fourth-order valence-corrected chi connectivity index (χ4v) is 2.85. The van der Waals surface area contributed by atoms with Crippen molar-refractivity contribution in [1.29, 1.82) is 0 Å². The Balaban J connectivity index is 1.96. The van der Waals surface area contributed by atoms with Crippen LogP contribution < -0.4 is 10.1 Å². The Morgan fingerprint density at radius 3 is 2.50 bits per heavy atom. The number of aryl methyl sites for hydroxylation is 3. The Bertz CT molecular complexity index is 763. The van der Waals surface area contributed by atoms with E-state index in [2.05, 4.69) is 59.4 Å². The molecular formula is C21H34N6O. The number of rotatable bonds is 9. The molecule has 0 unspecified atom stereocenters. The van der Waals surface area contributed by atoms with Gasteiger partial charge in [-0.1, -0.05) is 19.4 Å². The molecule has 7 heteroatoms. The van der Waals surface area contributed by atoms with E-state index in [4.69, 9.17) is 9.73 Å². The summed E-state index contributed by atoms with van der Waals surface area (Å²) in [7, 11) is 4.00. The van der Waals surface area contributed by atoms with Crippen LogP contribution in [0.5, 0.6) is 5.75 Å². The number of unbranched alkanes of at least 4 members (excludes halogenated alkanes) is 1. The number of hydrogen-bond donors (Lipinski definition) is 1. The number of likely N-dealkylation sites (N-methyl/N-ethyl adjacent to an activating group) is 1. The largest absolute Gasteiger partial charge is 0.492 e. The van der Waals surface area contributed by atoms with E-state index in [0.29, 0.717) is 13.2 Å². The smallest absolute Gasteiger partial charge is 0.194 e. The van der Waals surface area contributed by atoms with Gasteiger partial charge in [-0.05, 0) is 50.5 Å². The van der Waals surface area contributed by atoms with Crippen molar-refractivity contribution in [2.24, 2.45) is 12.0 Å². The van der Waals surface area contributed by atoms with Gasteiger partial charge in [0.2, 0.25) is 0 Å². The lowest BCUT2D eigenvalue weighted by Crippen LogP contribution is -2.41. The number of ether oxygens (including phenoxy) is 1. The van der Waals surface area contributed by atoms with Crippen molar-refractivity contribution in [2.75, 3.05) is 26.7 Å². The molecule has 0 saturated heterocycles. The van der Waals surface area contributed by atoms with E-state index >= 15 is 0 Å². The minimum absolute atomic E-state index is 0.494. The van der Waals surface area contributed by atoms with Crippen molar-refractivity contribution in [3.8, 4) is 5.75 Å². The van der Waals surface area contributed by atoms with Crippen LogP contribution in [0, 0.1) is 20.8 Å². The molecule has 1 aromatic heterocycles. The zero-order valence-corrected chi connectivity index (χ0v) is 18.1. The topological polar surface area (TPSA) is 67.6 Å². The zero-order valence-electron chi connectivity index (χ0n) is 18.1. The van der Waals surface area contributed by atoms with E-state index < -0.39 is 0 Å².